The minimum absolute atomic E-state index is 0.239. The summed E-state index contributed by atoms with van der Waals surface area (Å²) < 4.78 is 4.77. The van der Waals surface area contributed by atoms with Crippen molar-refractivity contribution in [3.8, 4) is 0 Å². The maximum Gasteiger partial charge on any atom is 0.407 e. The minimum Gasteiger partial charge on any atom is -0.447 e. The van der Waals surface area contributed by atoms with Crippen LogP contribution < -0.4 is 5.32 Å². The van der Waals surface area contributed by atoms with Crippen LogP contribution in [0, 0.1) is 5.92 Å². The molecule has 1 atom stereocenters. The lowest BCUT2D eigenvalue weighted by molar-refractivity contribution is 0.170. The van der Waals surface area contributed by atoms with E-state index in [0.29, 0.717) is 18.6 Å². The highest BCUT2D eigenvalue weighted by molar-refractivity contribution is 5.69. The third-order valence-electron chi connectivity index (χ3n) is 2.42. The molecule has 2 fully saturated rings. The summed E-state index contributed by atoms with van der Waals surface area (Å²) in [7, 11) is 0. The predicted molar refractivity (Wildman–Crippen MR) is 35.6 cm³/mol. The normalized spacial score (nSPS) is 32.8. The van der Waals surface area contributed by atoms with Crippen LogP contribution in [0.2, 0.25) is 0 Å². The monoisotopic (exact) mass is 141 g/mol. The van der Waals surface area contributed by atoms with Crippen molar-refractivity contribution in [3.05, 3.63) is 0 Å². The number of carbonyl (C=O) groups is 1. The van der Waals surface area contributed by atoms with Gasteiger partial charge in [-0.3, -0.25) is 0 Å². The number of hydrogen-bond acceptors (Lipinski definition) is 2. The molecule has 0 aromatic rings. The highest BCUT2D eigenvalue weighted by atomic mass is 16.6. The number of cyclic esters (lactones) is 1. The Labute approximate surface area is 59.7 Å². The van der Waals surface area contributed by atoms with Crippen LogP contribution >= 0.6 is 0 Å². The molecule has 1 saturated heterocycles. The third-order valence-corrected chi connectivity index (χ3v) is 2.42. The van der Waals surface area contributed by atoms with E-state index in [4.69, 9.17) is 4.74 Å². The molecule has 0 spiro atoms. The quantitative estimate of drug-likeness (QED) is 0.589. The van der Waals surface area contributed by atoms with Crippen molar-refractivity contribution in [2.24, 2.45) is 5.92 Å². The second-order valence-corrected chi connectivity index (χ2v) is 3.04. The number of alkyl carbamates (subject to hydrolysis) is 1. The summed E-state index contributed by atoms with van der Waals surface area (Å²) >= 11 is 0. The van der Waals surface area contributed by atoms with E-state index in [0.717, 1.165) is 0 Å². The molecule has 0 aromatic heterocycles. The van der Waals surface area contributed by atoms with Gasteiger partial charge in [-0.15, -0.1) is 0 Å². The number of carbonyl (C=O) groups excluding carboxylic acids is 1. The minimum atomic E-state index is -0.239. The van der Waals surface area contributed by atoms with Gasteiger partial charge in [-0.1, -0.05) is 6.42 Å². The molecule has 0 radical (unpaired) electrons. The smallest absolute Gasteiger partial charge is 0.407 e. The fraction of sp³-hybridized carbons (Fsp3) is 0.857. The van der Waals surface area contributed by atoms with Crippen molar-refractivity contribution in [1.29, 1.82) is 0 Å². The zero-order chi connectivity index (χ0) is 6.97. The van der Waals surface area contributed by atoms with E-state index in [2.05, 4.69) is 5.32 Å². The second kappa shape index (κ2) is 2.15. The van der Waals surface area contributed by atoms with Gasteiger partial charge >= 0.3 is 6.09 Å². The van der Waals surface area contributed by atoms with Gasteiger partial charge in [0.25, 0.3) is 0 Å². The summed E-state index contributed by atoms with van der Waals surface area (Å²) in [4.78, 5) is 10.6. The fourth-order valence-electron chi connectivity index (χ4n) is 1.50. The van der Waals surface area contributed by atoms with Crippen LogP contribution in [0.1, 0.15) is 19.3 Å². The maximum atomic E-state index is 10.6. The van der Waals surface area contributed by atoms with E-state index in [1.807, 2.05) is 0 Å². The number of hydrogen-bond donors (Lipinski definition) is 1. The van der Waals surface area contributed by atoms with Crippen molar-refractivity contribution in [2.75, 3.05) is 6.61 Å². The van der Waals surface area contributed by atoms with E-state index in [9.17, 15) is 4.79 Å². The fourth-order valence-corrected chi connectivity index (χ4v) is 1.50. The topological polar surface area (TPSA) is 38.3 Å². The Kier molecular flexibility index (Phi) is 1.29. The summed E-state index contributed by atoms with van der Waals surface area (Å²) in [5.41, 5.74) is 0. The lowest BCUT2D eigenvalue weighted by Crippen LogP contribution is -2.37. The number of ether oxygens (including phenoxy) is 1. The van der Waals surface area contributed by atoms with Gasteiger partial charge in [-0.05, 0) is 18.8 Å². The molecule has 10 heavy (non-hydrogen) atoms. The first-order valence-electron chi connectivity index (χ1n) is 3.79. The van der Waals surface area contributed by atoms with Crippen molar-refractivity contribution in [1.82, 2.24) is 5.32 Å². The van der Waals surface area contributed by atoms with Gasteiger partial charge in [-0.25, -0.2) is 4.79 Å². The second-order valence-electron chi connectivity index (χ2n) is 3.04. The Morgan fingerprint density at radius 2 is 2.30 bits per heavy atom. The largest absolute Gasteiger partial charge is 0.447 e. The molecule has 2 aliphatic rings. The van der Waals surface area contributed by atoms with E-state index in [1.54, 1.807) is 0 Å². The molecule has 1 unspecified atom stereocenters. The molecule has 0 bridgehead atoms. The standard InChI is InChI=1S/C7H11NO2/c9-7-8-6(4-10-7)5-2-1-3-5/h5-6H,1-4H2,(H,8,9). The van der Waals surface area contributed by atoms with Crippen LogP contribution in [0.5, 0.6) is 0 Å². The molecule has 1 heterocycles. The molecular formula is C7H11NO2. The first-order chi connectivity index (χ1) is 4.86. The average Bonchev–Trinajstić information content (AvgIpc) is 2.10. The molecular weight excluding hydrogens is 130 g/mol. The molecule has 1 amide bonds. The first-order valence-corrected chi connectivity index (χ1v) is 3.79. The molecule has 1 aliphatic heterocycles. The zero-order valence-corrected chi connectivity index (χ0v) is 5.80. The van der Waals surface area contributed by atoms with E-state index in [-0.39, 0.29) is 6.09 Å². The van der Waals surface area contributed by atoms with Crippen molar-refractivity contribution in [3.63, 3.8) is 0 Å². The summed E-state index contributed by atoms with van der Waals surface area (Å²) in [5.74, 6) is 0.700. The Morgan fingerprint density at radius 3 is 2.70 bits per heavy atom. The first kappa shape index (κ1) is 6.01. The predicted octanol–water partition coefficient (Wildman–Crippen LogP) is 0.895. The summed E-state index contributed by atoms with van der Waals surface area (Å²) in [6.45, 7) is 0.587. The molecule has 1 aliphatic carbocycles. The van der Waals surface area contributed by atoms with Gasteiger partial charge in [0.15, 0.2) is 0 Å². The van der Waals surface area contributed by atoms with Gasteiger partial charge in [-0.2, -0.15) is 0 Å². The Bertz CT molecular complexity index is 154. The number of nitrogens with one attached hydrogen (secondary N) is 1. The lowest BCUT2D eigenvalue weighted by Gasteiger charge is -2.29. The Morgan fingerprint density at radius 1 is 1.50 bits per heavy atom. The highest BCUT2D eigenvalue weighted by Gasteiger charge is 2.33. The SMILES string of the molecule is O=C1NC(C2CCC2)CO1. The molecule has 0 aromatic carbocycles. The summed E-state index contributed by atoms with van der Waals surface area (Å²) in [6, 6.07) is 0.321. The molecule has 1 saturated carbocycles. The van der Waals surface area contributed by atoms with Crippen LogP contribution in [0.3, 0.4) is 0 Å². The van der Waals surface area contributed by atoms with Crippen LogP contribution in [0.15, 0.2) is 0 Å². The molecule has 56 valence electrons. The average molecular weight is 141 g/mol. The van der Waals surface area contributed by atoms with Crippen molar-refractivity contribution in [2.45, 2.75) is 25.3 Å². The Balaban J connectivity index is 1.88. The highest BCUT2D eigenvalue weighted by Crippen LogP contribution is 2.30. The lowest BCUT2D eigenvalue weighted by atomic mass is 9.80. The molecule has 3 heteroatoms. The van der Waals surface area contributed by atoms with Gasteiger partial charge in [0, 0.05) is 0 Å². The molecule has 3 nitrogen and oxygen atoms in total. The van der Waals surface area contributed by atoms with E-state index < -0.39 is 0 Å². The van der Waals surface area contributed by atoms with Gasteiger partial charge < -0.3 is 10.1 Å². The van der Waals surface area contributed by atoms with Crippen LogP contribution in [-0.4, -0.2) is 18.7 Å². The molecule has 1 N–H and O–H groups in total. The number of amides is 1. The van der Waals surface area contributed by atoms with Gasteiger partial charge in [0.1, 0.15) is 6.61 Å². The van der Waals surface area contributed by atoms with Crippen molar-refractivity contribution >= 4 is 6.09 Å². The molecule has 2 rings (SSSR count). The van der Waals surface area contributed by atoms with Crippen LogP contribution in [0.4, 0.5) is 4.79 Å². The number of rotatable bonds is 1. The van der Waals surface area contributed by atoms with Gasteiger partial charge in [0.2, 0.25) is 0 Å². The summed E-state index contributed by atoms with van der Waals surface area (Å²) in [5, 5.41) is 2.79. The maximum absolute atomic E-state index is 10.6. The Hall–Kier alpha value is -0.730. The third kappa shape index (κ3) is 0.856. The van der Waals surface area contributed by atoms with Crippen molar-refractivity contribution < 1.29 is 9.53 Å². The van der Waals surface area contributed by atoms with E-state index >= 15 is 0 Å². The zero-order valence-electron chi connectivity index (χ0n) is 5.80. The van der Waals surface area contributed by atoms with Crippen LogP contribution in [0.25, 0.3) is 0 Å². The van der Waals surface area contributed by atoms with Gasteiger partial charge in [0.05, 0.1) is 6.04 Å². The van der Waals surface area contributed by atoms with Crippen LogP contribution in [-0.2, 0) is 4.74 Å². The summed E-state index contributed by atoms with van der Waals surface area (Å²) in [6.07, 6.45) is 3.59. The van der Waals surface area contributed by atoms with E-state index in [1.165, 1.54) is 19.3 Å².